The largest absolute Gasteiger partial charge is 0.481 e. The van der Waals surface area contributed by atoms with Crippen LogP contribution in [-0.2, 0) is 23.9 Å². The summed E-state index contributed by atoms with van der Waals surface area (Å²) in [6.07, 6.45) is 4.57. The van der Waals surface area contributed by atoms with Crippen LogP contribution >= 0.6 is 0 Å². The Morgan fingerprint density at radius 3 is 2.10 bits per heavy atom. The maximum absolute atomic E-state index is 11.6. The molecule has 0 amide bonds. The van der Waals surface area contributed by atoms with Gasteiger partial charge < -0.3 is 10.2 Å². The van der Waals surface area contributed by atoms with Crippen molar-refractivity contribution < 1.29 is 32.4 Å². The molecule has 0 heterocycles. The molecular weight excluding hydrogens is 288 g/mol. The zero-order chi connectivity index (χ0) is 15.6. The van der Waals surface area contributed by atoms with Gasteiger partial charge in [-0.2, -0.15) is 8.42 Å². The second kappa shape index (κ2) is 9.71. The van der Waals surface area contributed by atoms with Crippen LogP contribution in [-0.4, -0.2) is 42.4 Å². The van der Waals surface area contributed by atoms with E-state index in [-0.39, 0.29) is 6.61 Å². The third-order valence-electron chi connectivity index (χ3n) is 2.73. The van der Waals surface area contributed by atoms with E-state index in [1.54, 1.807) is 0 Å². The van der Waals surface area contributed by atoms with Gasteiger partial charge in [0, 0.05) is 0 Å². The predicted molar refractivity (Wildman–Crippen MR) is 71.9 cm³/mol. The number of hydrogen-bond acceptors (Lipinski definition) is 5. The first-order valence-corrected chi connectivity index (χ1v) is 8.11. The summed E-state index contributed by atoms with van der Waals surface area (Å²) in [5.41, 5.74) is 0. The first-order chi connectivity index (χ1) is 9.31. The fourth-order valence-electron chi connectivity index (χ4n) is 1.61. The Hall–Kier alpha value is -1.15. The Bertz CT molecular complexity index is 402. The van der Waals surface area contributed by atoms with Gasteiger partial charge in [0.05, 0.1) is 13.0 Å². The minimum absolute atomic E-state index is 0.113. The fourth-order valence-corrected chi connectivity index (χ4v) is 2.72. The molecule has 0 aromatic heterocycles. The van der Waals surface area contributed by atoms with Crippen molar-refractivity contribution in [1.82, 2.24) is 0 Å². The number of unbranched alkanes of at least 4 members (excludes halogenated alkanes) is 5. The second-order valence-electron chi connectivity index (χ2n) is 4.51. The third kappa shape index (κ3) is 8.11. The molecule has 0 spiro atoms. The molecule has 0 saturated heterocycles. The van der Waals surface area contributed by atoms with Crippen molar-refractivity contribution in [2.45, 2.75) is 57.1 Å². The Kier molecular flexibility index (Phi) is 9.15. The molecule has 1 atom stereocenters. The second-order valence-corrected chi connectivity index (χ2v) is 6.30. The van der Waals surface area contributed by atoms with Gasteiger partial charge in [0.25, 0.3) is 10.1 Å². The molecule has 1 unspecified atom stereocenters. The van der Waals surface area contributed by atoms with Crippen LogP contribution in [0, 0.1) is 0 Å². The van der Waals surface area contributed by atoms with Gasteiger partial charge in [-0.05, 0) is 6.42 Å². The van der Waals surface area contributed by atoms with Crippen LogP contribution in [0.15, 0.2) is 0 Å². The maximum atomic E-state index is 11.6. The molecule has 0 aliphatic carbocycles. The van der Waals surface area contributed by atoms with Crippen molar-refractivity contribution in [3.63, 3.8) is 0 Å². The minimum Gasteiger partial charge on any atom is -0.481 e. The average molecular weight is 310 g/mol. The number of hydrogen-bond donors (Lipinski definition) is 2. The number of aliphatic carboxylic acids is 2. The van der Waals surface area contributed by atoms with E-state index in [4.69, 9.17) is 10.2 Å². The van der Waals surface area contributed by atoms with Gasteiger partial charge in [-0.25, -0.2) is 0 Å². The lowest BCUT2D eigenvalue weighted by Gasteiger charge is -2.11. The standard InChI is InChI=1S/C12H22O7S/c1-2-3-4-5-6-7-8-19-20(17,18)10(12(15)16)9-11(13)14/h10H,2-9H2,1H3,(H,13,14)(H,15,16). The smallest absolute Gasteiger partial charge is 0.325 e. The zero-order valence-electron chi connectivity index (χ0n) is 11.6. The molecule has 0 rings (SSSR count). The van der Waals surface area contributed by atoms with Crippen molar-refractivity contribution in [3.05, 3.63) is 0 Å². The van der Waals surface area contributed by atoms with Crippen LogP contribution in [0.25, 0.3) is 0 Å². The van der Waals surface area contributed by atoms with Gasteiger partial charge in [0.15, 0.2) is 5.25 Å². The molecule has 8 heteroatoms. The van der Waals surface area contributed by atoms with E-state index in [0.717, 1.165) is 32.1 Å². The molecule has 0 aliphatic heterocycles. The Morgan fingerprint density at radius 2 is 1.60 bits per heavy atom. The molecule has 2 N–H and O–H groups in total. The molecule has 20 heavy (non-hydrogen) atoms. The summed E-state index contributed by atoms with van der Waals surface area (Å²) in [6.45, 7) is 1.97. The molecule has 118 valence electrons. The molecule has 0 bridgehead atoms. The van der Waals surface area contributed by atoms with E-state index in [0.29, 0.717) is 6.42 Å². The average Bonchev–Trinajstić information content (AvgIpc) is 2.34. The topological polar surface area (TPSA) is 118 Å². The Balaban J connectivity index is 4.15. The quantitative estimate of drug-likeness (QED) is 0.415. The van der Waals surface area contributed by atoms with Crippen LogP contribution in [0.4, 0.5) is 0 Å². The summed E-state index contributed by atoms with van der Waals surface area (Å²) in [7, 11) is -4.39. The SMILES string of the molecule is CCCCCCCCOS(=O)(=O)C(CC(=O)O)C(=O)O. The molecule has 0 aliphatic rings. The zero-order valence-corrected chi connectivity index (χ0v) is 12.4. The van der Waals surface area contributed by atoms with E-state index in [1.807, 2.05) is 0 Å². The highest BCUT2D eigenvalue weighted by Gasteiger charge is 2.35. The maximum Gasteiger partial charge on any atom is 0.325 e. The summed E-state index contributed by atoms with van der Waals surface area (Å²) in [5.74, 6) is -3.21. The Morgan fingerprint density at radius 1 is 1.05 bits per heavy atom. The van der Waals surface area contributed by atoms with Gasteiger partial charge in [-0.15, -0.1) is 0 Å². The van der Waals surface area contributed by atoms with Crippen molar-refractivity contribution in [1.29, 1.82) is 0 Å². The van der Waals surface area contributed by atoms with Crippen molar-refractivity contribution in [2.24, 2.45) is 0 Å². The lowest BCUT2D eigenvalue weighted by molar-refractivity contribution is -0.143. The highest BCUT2D eigenvalue weighted by atomic mass is 32.2. The predicted octanol–water partition coefficient (Wildman–Crippen LogP) is 1.62. The first-order valence-electron chi connectivity index (χ1n) is 6.64. The third-order valence-corrected chi connectivity index (χ3v) is 4.29. The molecule has 7 nitrogen and oxygen atoms in total. The van der Waals surface area contributed by atoms with Gasteiger partial charge in [0.2, 0.25) is 0 Å². The number of rotatable bonds is 12. The molecule has 0 aromatic rings. The summed E-state index contributed by atoms with van der Waals surface area (Å²) in [6, 6.07) is 0. The molecule has 0 saturated carbocycles. The van der Waals surface area contributed by atoms with E-state index in [2.05, 4.69) is 11.1 Å². The van der Waals surface area contributed by atoms with Crippen LogP contribution < -0.4 is 0 Å². The molecular formula is C12H22O7S. The number of carbonyl (C=O) groups is 2. The van der Waals surface area contributed by atoms with Gasteiger partial charge in [0.1, 0.15) is 0 Å². The highest BCUT2D eigenvalue weighted by Crippen LogP contribution is 2.12. The number of carboxylic acids is 2. The van der Waals surface area contributed by atoms with Crippen LogP contribution in [0.3, 0.4) is 0 Å². The highest BCUT2D eigenvalue weighted by molar-refractivity contribution is 7.88. The minimum atomic E-state index is -4.39. The summed E-state index contributed by atoms with van der Waals surface area (Å²) in [5, 5.41) is 15.2. The van der Waals surface area contributed by atoms with Crippen molar-refractivity contribution >= 4 is 22.1 Å². The summed E-state index contributed by atoms with van der Waals surface area (Å²) in [4.78, 5) is 21.2. The van der Waals surface area contributed by atoms with Crippen molar-refractivity contribution in [2.75, 3.05) is 6.61 Å². The first kappa shape index (κ1) is 18.9. The lowest BCUT2D eigenvalue weighted by atomic mass is 10.1. The van der Waals surface area contributed by atoms with Crippen LogP contribution in [0.1, 0.15) is 51.9 Å². The fraction of sp³-hybridized carbons (Fsp3) is 0.833. The van der Waals surface area contributed by atoms with Crippen molar-refractivity contribution in [3.8, 4) is 0 Å². The number of carboxylic acid groups (broad SMARTS) is 2. The molecule has 0 radical (unpaired) electrons. The monoisotopic (exact) mass is 310 g/mol. The summed E-state index contributed by atoms with van der Waals surface area (Å²) < 4.78 is 27.7. The summed E-state index contributed by atoms with van der Waals surface area (Å²) >= 11 is 0. The molecule has 0 fully saturated rings. The lowest BCUT2D eigenvalue weighted by Crippen LogP contribution is -2.34. The van der Waals surface area contributed by atoms with Gasteiger partial charge in [-0.1, -0.05) is 39.0 Å². The van der Waals surface area contributed by atoms with E-state index >= 15 is 0 Å². The van der Waals surface area contributed by atoms with Crippen LogP contribution in [0.5, 0.6) is 0 Å². The van der Waals surface area contributed by atoms with E-state index < -0.39 is 33.7 Å². The van der Waals surface area contributed by atoms with E-state index in [9.17, 15) is 18.0 Å². The van der Waals surface area contributed by atoms with Crippen LogP contribution in [0.2, 0.25) is 0 Å². The normalized spacial score (nSPS) is 13.1. The van der Waals surface area contributed by atoms with Gasteiger partial charge >= 0.3 is 11.9 Å². The van der Waals surface area contributed by atoms with E-state index in [1.165, 1.54) is 0 Å². The Labute approximate surface area is 119 Å². The molecule has 0 aromatic carbocycles. The van der Waals surface area contributed by atoms with Gasteiger partial charge in [-0.3, -0.25) is 13.8 Å².